The van der Waals surface area contributed by atoms with Gasteiger partial charge in [-0.2, -0.15) is 0 Å². The predicted molar refractivity (Wildman–Crippen MR) is 131 cm³/mol. The van der Waals surface area contributed by atoms with Gasteiger partial charge >= 0.3 is 0 Å². The number of methoxy groups -OCH3 is 2. The molecule has 0 spiro atoms. The lowest BCUT2D eigenvalue weighted by atomic mass is 10.1. The molecule has 2 heterocycles. The summed E-state index contributed by atoms with van der Waals surface area (Å²) in [7, 11) is 3.20. The topological polar surface area (TPSA) is 88.1 Å². The van der Waals surface area contributed by atoms with Gasteiger partial charge in [0.1, 0.15) is 0 Å². The van der Waals surface area contributed by atoms with Crippen LogP contribution < -0.4 is 14.4 Å². The fourth-order valence-electron chi connectivity index (χ4n) is 3.99. The lowest BCUT2D eigenvalue weighted by Gasteiger charge is -2.36. The van der Waals surface area contributed by atoms with E-state index in [-0.39, 0.29) is 24.3 Å². The number of hydrogen-bond acceptors (Lipinski definition) is 7. The summed E-state index contributed by atoms with van der Waals surface area (Å²) in [6.45, 7) is 9.01. The molecule has 0 saturated carbocycles. The third kappa shape index (κ3) is 5.95. The number of ether oxygens (including phenoxy) is 2. The third-order valence-electron chi connectivity index (χ3n) is 5.91. The molecule has 0 radical (unpaired) electrons. The van der Waals surface area contributed by atoms with Crippen molar-refractivity contribution in [3.05, 3.63) is 30.3 Å². The average Bonchev–Trinajstić information content (AvgIpc) is 2.87. The molecule has 9 nitrogen and oxygen atoms in total. The van der Waals surface area contributed by atoms with Gasteiger partial charge in [0.15, 0.2) is 17.3 Å². The van der Waals surface area contributed by atoms with Crippen molar-refractivity contribution >= 4 is 17.6 Å². The molecule has 0 bridgehead atoms. The Balaban J connectivity index is 1.59. The first kappa shape index (κ1) is 25.3. The first-order valence-corrected chi connectivity index (χ1v) is 11.8. The Morgan fingerprint density at radius 2 is 1.71 bits per heavy atom. The molecule has 2 aromatic rings. The van der Waals surface area contributed by atoms with Gasteiger partial charge in [-0.3, -0.25) is 9.59 Å². The van der Waals surface area contributed by atoms with E-state index >= 15 is 0 Å². The second-order valence-electron chi connectivity index (χ2n) is 8.63. The van der Waals surface area contributed by atoms with Crippen LogP contribution in [-0.2, 0) is 9.59 Å². The SMILES string of the molecule is CCCN(CC(=O)N1CCN(c2ccc(-c3ccc(OC)c(OC)c3)nn2)CC1)C(=O)C(C)C. The van der Waals surface area contributed by atoms with Crippen molar-refractivity contribution in [3.63, 3.8) is 0 Å². The summed E-state index contributed by atoms with van der Waals surface area (Å²) < 4.78 is 10.7. The number of anilines is 1. The zero-order valence-corrected chi connectivity index (χ0v) is 20.8. The van der Waals surface area contributed by atoms with Gasteiger partial charge in [0.05, 0.1) is 26.5 Å². The first-order chi connectivity index (χ1) is 16.4. The van der Waals surface area contributed by atoms with Gasteiger partial charge in [0.25, 0.3) is 0 Å². The molecule has 1 aromatic carbocycles. The zero-order valence-electron chi connectivity index (χ0n) is 20.8. The van der Waals surface area contributed by atoms with Crippen LogP contribution in [0.5, 0.6) is 11.5 Å². The number of piperazine rings is 1. The fourth-order valence-corrected chi connectivity index (χ4v) is 3.99. The van der Waals surface area contributed by atoms with Gasteiger partial charge < -0.3 is 24.2 Å². The number of benzene rings is 1. The maximum atomic E-state index is 12.8. The normalized spacial score (nSPS) is 13.7. The molecule has 9 heteroatoms. The number of amides is 2. The van der Waals surface area contributed by atoms with Crippen LogP contribution in [0, 0.1) is 5.92 Å². The van der Waals surface area contributed by atoms with Gasteiger partial charge in [-0.05, 0) is 36.8 Å². The molecule has 1 aromatic heterocycles. The Kier molecular flexibility index (Phi) is 8.67. The molecular formula is C25H35N5O4. The van der Waals surface area contributed by atoms with Crippen LogP contribution >= 0.6 is 0 Å². The number of rotatable bonds is 9. The van der Waals surface area contributed by atoms with Crippen LogP contribution in [0.1, 0.15) is 27.2 Å². The van der Waals surface area contributed by atoms with E-state index in [1.807, 2.05) is 56.0 Å². The van der Waals surface area contributed by atoms with Crippen molar-refractivity contribution in [1.82, 2.24) is 20.0 Å². The highest BCUT2D eigenvalue weighted by Crippen LogP contribution is 2.31. The summed E-state index contributed by atoms with van der Waals surface area (Å²) in [5, 5.41) is 8.80. The van der Waals surface area contributed by atoms with E-state index < -0.39 is 0 Å². The van der Waals surface area contributed by atoms with Crippen LogP contribution in [0.25, 0.3) is 11.3 Å². The van der Waals surface area contributed by atoms with E-state index in [0.717, 1.165) is 23.5 Å². The van der Waals surface area contributed by atoms with Crippen molar-refractivity contribution in [2.24, 2.45) is 5.92 Å². The van der Waals surface area contributed by atoms with Gasteiger partial charge in [-0.1, -0.05) is 20.8 Å². The molecule has 1 aliphatic heterocycles. The van der Waals surface area contributed by atoms with Gasteiger partial charge in [-0.15, -0.1) is 10.2 Å². The largest absolute Gasteiger partial charge is 0.493 e. The summed E-state index contributed by atoms with van der Waals surface area (Å²) in [5.41, 5.74) is 1.63. The Bertz CT molecular complexity index is 972. The number of nitrogens with zero attached hydrogens (tertiary/aromatic N) is 5. The monoisotopic (exact) mass is 469 g/mol. The summed E-state index contributed by atoms with van der Waals surface area (Å²) in [6, 6.07) is 9.51. The van der Waals surface area contributed by atoms with Crippen LogP contribution in [0.3, 0.4) is 0 Å². The summed E-state index contributed by atoms with van der Waals surface area (Å²) >= 11 is 0. The molecule has 34 heavy (non-hydrogen) atoms. The molecule has 1 fully saturated rings. The minimum Gasteiger partial charge on any atom is -0.493 e. The van der Waals surface area contributed by atoms with Crippen LogP contribution in [0.2, 0.25) is 0 Å². The quantitative estimate of drug-likeness (QED) is 0.558. The molecule has 184 valence electrons. The lowest BCUT2D eigenvalue weighted by Crippen LogP contribution is -2.52. The number of aromatic nitrogens is 2. The van der Waals surface area contributed by atoms with E-state index in [2.05, 4.69) is 15.1 Å². The van der Waals surface area contributed by atoms with Crippen LogP contribution in [0.4, 0.5) is 5.82 Å². The molecular weight excluding hydrogens is 434 g/mol. The van der Waals surface area contributed by atoms with E-state index in [4.69, 9.17) is 9.47 Å². The predicted octanol–water partition coefficient (Wildman–Crippen LogP) is 2.70. The Morgan fingerprint density at radius 1 is 1.00 bits per heavy atom. The highest BCUT2D eigenvalue weighted by atomic mass is 16.5. The third-order valence-corrected chi connectivity index (χ3v) is 5.91. The van der Waals surface area contributed by atoms with Crippen LogP contribution in [-0.4, -0.2) is 85.3 Å². The Labute approximate surface area is 201 Å². The van der Waals surface area contributed by atoms with E-state index in [0.29, 0.717) is 44.2 Å². The summed E-state index contributed by atoms with van der Waals surface area (Å²) in [6.07, 6.45) is 0.831. The molecule has 2 amide bonds. The molecule has 3 rings (SSSR count). The van der Waals surface area contributed by atoms with E-state index in [9.17, 15) is 9.59 Å². The van der Waals surface area contributed by atoms with Crippen molar-refractivity contribution < 1.29 is 19.1 Å². The molecule has 1 aliphatic rings. The van der Waals surface area contributed by atoms with Crippen molar-refractivity contribution in [2.45, 2.75) is 27.2 Å². The Morgan fingerprint density at radius 3 is 2.26 bits per heavy atom. The minimum atomic E-state index is -0.114. The van der Waals surface area contributed by atoms with Gasteiger partial charge in [0.2, 0.25) is 11.8 Å². The lowest BCUT2D eigenvalue weighted by molar-refractivity contribution is -0.142. The number of hydrogen-bond donors (Lipinski definition) is 0. The summed E-state index contributed by atoms with van der Waals surface area (Å²) in [5.74, 6) is 1.99. The van der Waals surface area contributed by atoms with E-state index in [1.165, 1.54) is 0 Å². The van der Waals surface area contributed by atoms with Gasteiger partial charge in [-0.25, -0.2) is 0 Å². The average molecular weight is 470 g/mol. The van der Waals surface area contributed by atoms with E-state index in [1.54, 1.807) is 19.1 Å². The standard InChI is InChI=1S/C25H35N5O4/c1-6-11-30(25(32)18(2)3)17-24(31)29-14-12-28(13-15-29)23-10-8-20(26-27-23)19-7-9-21(33-4)22(16-19)34-5/h7-10,16,18H,6,11-15,17H2,1-5H3. The molecule has 0 N–H and O–H groups in total. The summed E-state index contributed by atoms with van der Waals surface area (Å²) in [4.78, 5) is 30.9. The van der Waals surface area contributed by atoms with Crippen molar-refractivity contribution in [1.29, 1.82) is 0 Å². The number of carbonyl (C=O) groups excluding carboxylic acids is 2. The maximum absolute atomic E-state index is 12.8. The zero-order chi connectivity index (χ0) is 24.7. The van der Waals surface area contributed by atoms with Crippen molar-refractivity contribution in [3.8, 4) is 22.8 Å². The second-order valence-corrected chi connectivity index (χ2v) is 8.63. The molecule has 0 aliphatic carbocycles. The number of carbonyl (C=O) groups is 2. The molecule has 0 atom stereocenters. The Hall–Kier alpha value is -3.36. The van der Waals surface area contributed by atoms with Crippen molar-refractivity contribution in [2.75, 3.05) is 58.4 Å². The fraction of sp³-hybridized carbons (Fsp3) is 0.520. The molecule has 1 saturated heterocycles. The maximum Gasteiger partial charge on any atom is 0.242 e. The highest BCUT2D eigenvalue weighted by Gasteiger charge is 2.26. The molecule has 0 unspecified atom stereocenters. The smallest absolute Gasteiger partial charge is 0.242 e. The first-order valence-electron chi connectivity index (χ1n) is 11.8. The second kappa shape index (κ2) is 11.7. The van der Waals surface area contributed by atoms with Crippen LogP contribution in [0.15, 0.2) is 30.3 Å². The highest BCUT2D eigenvalue weighted by molar-refractivity contribution is 5.85. The minimum absolute atomic E-state index is 0.00279. The van der Waals surface area contributed by atoms with Gasteiger partial charge in [0, 0.05) is 44.2 Å².